The highest BCUT2D eigenvalue weighted by molar-refractivity contribution is 5.94. The number of Topliss-reactive ketones (excluding diaryl/α,β-unsaturated/α-hetero) is 2. The van der Waals surface area contributed by atoms with Gasteiger partial charge >= 0.3 is 0 Å². The van der Waals surface area contributed by atoms with Crippen molar-refractivity contribution in [1.82, 2.24) is 0 Å². The number of rotatable bonds is 4. The Morgan fingerprint density at radius 1 is 0.867 bits per heavy atom. The van der Waals surface area contributed by atoms with Gasteiger partial charge in [-0.15, -0.1) is 0 Å². The summed E-state index contributed by atoms with van der Waals surface area (Å²) in [6.45, 7) is 14.1. The number of allylic oxidation sites excluding steroid dienone is 2. The van der Waals surface area contributed by atoms with Gasteiger partial charge in [0, 0.05) is 12.8 Å². The van der Waals surface area contributed by atoms with Crippen LogP contribution in [0.3, 0.4) is 0 Å². The summed E-state index contributed by atoms with van der Waals surface area (Å²) in [5.41, 5.74) is 1.31. The molecule has 0 N–H and O–H groups in total. The van der Waals surface area contributed by atoms with Gasteiger partial charge in [-0.05, 0) is 25.0 Å². The summed E-state index contributed by atoms with van der Waals surface area (Å²) in [7, 11) is 0. The first-order valence-corrected chi connectivity index (χ1v) is 4.74. The Kier molecular flexibility index (Phi) is 14.1. The second kappa shape index (κ2) is 10.9. The largest absolute Gasteiger partial charge is 0.295 e. The highest BCUT2D eigenvalue weighted by atomic mass is 16.1. The van der Waals surface area contributed by atoms with Gasteiger partial charge in [-0.3, -0.25) is 9.59 Å². The molecule has 0 aromatic heterocycles. The summed E-state index contributed by atoms with van der Waals surface area (Å²) in [6.07, 6.45) is 1.16. The van der Waals surface area contributed by atoms with Gasteiger partial charge in [0.05, 0.1) is 0 Å². The van der Waals surface area contributed by atoms with Gasteiger partial charge in [0.1, 0.15) is 0 Å². The summed E-state index contributed by atoms with van der Waals surface area (Å²) in [6, 6.07) is 0. The molecule has 2 heteroatoms. The molecule has 0 aromatic carbocycles. The first kappa shape index (κ1) is 19.4. The molecular weight excluding hydrogens is 188 g/mol. The quantitative estimate of drug-likeness (QED) is 0.665. The SMILES string of the molecule is C.C=C(C)C(=O)CC.C=C(C)C(=O)CC. The Bertz CT molecular complexity index is 211. The number of carbonyl (C=O) groups is 2. The van der Waals surface area contributed by atoms with Crippen molar-refractivity contribution < 1.29 is 9.59 Å². The van der Waals surface area contributed by atoms with Crippen LogP contribution >= 0.6 is 0 Å². The number of carbonyl (C=O) groups excluding carboxylic acids is 2. The molecule has 0 bridgehead atoms. The molecule has 0 fully saturated rings. The summed E-state index contributed by atoms with van der Waals surface area (Å²) >= 11 is 0. The Morgan fingerprint density at radius 3 is 1.07 bits per heavy atom. The van der Waals surface area contributed by atoms with Gasteiger partial charge in [0.2, 0.25) is 0 Å². The maximum atomic E-state index is 10.4. The van der Waals surface area contributed by atoms with E-state index in [2.05, 4.69) is 13.2 Å². The molecule has 0 aliphatic rings. The molecule has 0 aliphatic heterocycles. The zero-order valence-corrected chi connectivity index (χ0v) is 9.64. The molecule has 0 amide bonds. The first-order valence-electron chi connectivity index (χ1n) is 4.74. The van der Waals surface area contributed by atoms with Crippen molar-refractivity contribution in [1.29, 1.82) is 0 Å². The number of hydrogen-bond acceptors (Lipinski definition) is 2. The minimum atomic E-state index is 0. The highest BCUT2D eigenvalue weighted by Crippen LogP contribution is 1.92. The summed E-state index contributed by atoms with van der Waals surface area (Å²) < 4.78 is 0. The molecule has 0 aromatic rings. The normalized spacial score (nSPS) is 7.73. The van der Waals surface area contributed by atoms with Crippen molar-refractivity contribution in [2.75, 3.05) is 0 Å². The topological polar surface area (TPSA) is 34.1 Å². The smallest absolute Gasteiger partial charge is 0.157 e. The van der Waals surface area contributed by atoms with E-state index in [-0.39, 0.29) is 19.0 Å². The molecule has 0 atom stereocenters. The summed E-state index contributed by atoms with van der Waals surface area (Å²) in [4.78, 5) is 20.8. The minimum absolute atomic E-state index is 0. The van der Waals surface area contributed by atoms with Crippen LogP contribution in [0.2, 0.25) is 0 Å². The van der Waals surface area contributed by atoms with Crippen LogP contribution in [0, 0.1) is 0 Å². The van der Waals surface area contributed by atoms with Gasteiger partial charge in [0.15, 0.2) is 11.6 Å². The van der Waals surface area contributed by atoms with Crippen molar-refractivity contribution in [3.63, 3.8) is 0 Å². The van der Waals surface area contributed by atoms with Gasteiger partial charge in [-0.25, -0.2) is 0 Å². The van der Waals surface area contributed by atoms with Gasteiger partial charge in [-0.2, -0.15) is 0 Å². The van der Waals surface area contributed by atoms with Crippen LogP contribution < -0.4 is 0 Å². The maximum absolute atomic E-state index is 10.4. The first-order chi connectivity index (χ1) is 6.36. The molecule has 0 unspecified atom stereocenters. The average Bonchev–Trinajstić information content (AvgIpc) is 2.15. The van der Waals surface area contributed by atoms with E-state index in [1.807, 2.05) is 13.8 Å². The minimum Gasteiger partial charge on any atom is -0.295 e. The van der Waals surface area contributed by atoms with E-state index >= 15 is 0 Å². The second-order valence-corrected chi connectivity index (χ2v) is 3.11. The predicted molar refractivity (Wildman–Crippen MR) is 67.0 cm³/mol. The molecule has 88 valence electrons. The van der Waals surface area contributed by atoms with E-state index in [4.69, 9.17) is 0 Å². The zero-order chi connectivity index (χ0) is 11.7. The third-order valence-corrected chi connectivity index (χ3v) is 1.59. The fraction of sp³-hybridized carbons (Fsp3) is 0.538. The fourth-order valence-electron chi connectivity index (χ4n) is 0.604. The molecule has 0 saturated heterocycles. The van der Waals surface area contributed by atoms with Crippen molar-refractivity contribution in [2.45, 2.75) is 48.0 Å². The molecule has 0 spiro atoms. The Balaban J connectivity index is -0.000000180. The molecule has 0 heterocycles. The molecule has 2 nitrogen and oxygen atoms in total. The van der Waals surface area contributed by atoms with Gasteiger partial charge < -0.3 is 0 Å². The van der Waals surface area contributed by atoms with E-state index in [0.717, 1.165) is 0 Å². The van der Waals surface area contributed by atoms with Crippen molar-refractivity contribution in [2.24, 2.45) is 0 Å². The lowest BCUT2D eigenvalue weighted by Gasteiger charge is -1.87. The second-order valence-electron chi connectivity index (χ2n) is 3.11. The highest BCUT2D eigenvalue weighted by Gasteiger charge is 1.94. The van der Waals surface area contributed by atoms with Crippen LogP contribution in [0.15, 0.2) is 24.3 Å². The molecule has 15 heavy (non-hydrogen) atoms. The molecular formula is C13H24O2. The third-order valence-electron chi connectivity index (χ3n) is 1.59. The standard InChI is InChI=1S/2C6H10O.CH4/c2*1-4-6(7)5(2)3;/h2*2,4H2,1,3H3;1H4. The van der Waals surface area contributed by atoms with E-state index in [1.165, 1.54) is 0 Å². The lowest BCUT2D eigenvalue weighted by Crippen LogP contribution is -1.93. The molecule has 0 radical (unpaired) electrons. The Labute approximate surface area is 94.1 Å². The average molecular weight is 212 g/mol. The number of ketones is 2. The van der Waals surface area contributed by atoms with Crippen LogP contribution in [-0.2, 0) is 9.59 Å². The van der Waals surface area contributed by atoms with Crippen LogP contribution in [0.1, 0.15) is 48.0 Å². The van der Waals surface area contributed by atoms with Crippen molar-refractivity contribution >= 4 is 11.6 Å². The van der Waals surface area contributed by atoms with Crippen LogP contribution in [0.5, 0.6) is 0 Å². The van der Waals surface area contributed by atoms with E-state index in [9.17, 15) is 9.59 Å². The third kappa shape index (κ3) is 12.8. The van der Waals surface area contributed by atoms with Crippen LogP contribution in [0.4, 0.5) is 0 Å². The van der Waals surface area contributed by atoms with E-state index in [0.29, 0.717) is 24.0 Å². The monoisotopic (exact) mass is 212 g/mol. The summed E-state index contributed by atoms with van der Waals surface area (Å²) in [5.74, 6) is 0.306. The Hall–Kier alpha value is -1.18. The lowest BCUT2D eigenvalue weighted by molar-refractivity contribution is -0.116. The van der Waals surface area contributed by atoms with E-state index in [1.54, 1.807) is 13.8 Å². The number of hydrogen-bond donors (Lipinski definition) is 0. The van der Waals surface area contributed by atoms with Gasteiger partial charge in [-0.1, -0.05) is 34.4 Å². The summed E-state index contributed by atoms with van der Waals surface area (Å²) in [5, 5.41) is 0. The molecule has 0 aliphatic carbocycles. The molecule has 0 saturated carbocycles. The Morgan fingerprint density at radius 2 is 1.07 bits per heavy atom. The maximum Gasteiger partial charge on any atom is 0.157 e. The van der Waals surface area contributed by atoms with Crippen LogP contribution in [-0.4, -0.2) is 11.6 Å². The zero-order valence-electron chi connectivity index (χ0n) is 9.64. The van der Waals surface area contributed by atoms with Crippen molar-refractivity contribution in [3.8, 4) is 0 Å². The van der Waals surface area contributed by atoms with E-state index < -0.39 is 0 Å². The van der Waals surface area contributed by atoms with Gasteiger partial charge in [0.25, 0.3) is 0 Å². The molecule has 0 rings (SSSR count). The lowest BCUT2D eigenvalue weighted by atomic mass is 10.2. The fourth-order valence-corrected chi connectivity index (χ4v) is 0.604. The van der Waals surface area contributed by atoms with Crippen LogP contribution in [0.25, 0.3) is 0 Å². The van der Waals surface area contributed by atoms with Crippen molar-refractivity contribution in [3.05, 3.63) is 24.3 Å². The predicted octanol–water partition coefficient (Wildman–Crippen LogP) is 3.72.